The number of rotatable bonds is 5. The molecule has 0 bridgehead atoms. The van der Waals surface area contributed by atoms with Crippen LogP contribution in [0.5, 0.6) is 0 Å². The Morgan fingerprint density at radius 2 is 2.26 bits per heavy atom. The maximum atomic E-state index is 11.9. The average molecular weight is 281 g/mol. The minimum absolute atomic E-state index is 0.0293. The number of halogens is 1. The standard InChI is InChI=1S/C15H21ClN2O/c1-11(2)5-4-8-18-14(19)10-17-15(18)12-6-3-7-13(16)9-12/h3,6-7,9,11,15,17H,4-5,8,10H2,1-2H3. The van der Waals surface area contributed by atoms with Gasteiger partial charge in [0.1, 0.15) is 6.17 Å². The zero-order valence-corrected chi connectivity index (χ0v) is 12.3. The predicted molar refractivity (Wildman–Crippen MR) is 78.0 cm³/mol. The molecule has 0 aliphatic carbocycles. The van der Waals surface area contributed by atoms with E-state index in [0.717, 1.165) is 24.9 Å². The molecule has 0 aromatic heterocycles. The van der Waals surface area contributed by atoms with Gasteiger partial charge in [0.2, 0.25) is 5.91 Å². The first-order chi connectivity index (χ1) is 9.08. The maximum absolute atomic E-state index is 11.9. The summed E-state index contributed by atoms with van der Waals surface area (Å²) in [7, 11) is 0. The quantitative estimate of drug-likeness (QED) is 0.898. The Balaban J connectivity index is 2.04. The number of benzene rings is 1. The Kier molecular flexibility index (Phi) is 4.83. The molecule has 1 unspecified atom stereocenters. The molecule has 1 aromatic rings. The third kappa shape index (κ3) is 3.71. The van der Waals surface area contributed by atoms with E-state index in [0.29, 0.717) is 17.5 Å². The molecule has 1 saturated heterocycles. The van der Waals surface area contributed by atoms with Gasteiger partial charge in [0, 0.05) is 11.6 Å². The fraction of sp³-hybridized carbons (Fsp3) is 0.533. The van der Waals surface area contributed by atoms with Gasteiger partial charge in [0.25, 0.3) is 0 Å². The molecule has 1 heterocycles. The highest BCUT2D eigenvalue weighted by atomic mass is 35.5. The Labute approximate surface area is 119 Å². The van der Waals surface area contributed by atoms with Crippen molar-refractivity contribution in [3.05, 3.63) is 34.9 Å². The van der Waals surface area contributed by atoms with Gasteiger partial charge in [-0.3, -0.25) is 10.1 Å². The van der Waals surface area contributed by atoms with Gasteiger partial charge in [0.15, 0.2) is 0 Å². The highest BCUT2D eigenvalue weighted by molar-refractivity contribution is 6.30. The van der Waals surface area contributed by atoms with Gasteiger partial charge in [-0.1, -0.05) is 37.6 Å². The van der Waals surface area contributed by atoms with Crippen LogP contribution in [-0.4, -0.2) is 23.9 Å². The smallest absolute Gasteiger partial charge is 0.238 e. The van der Waals surface area contributed by atoms with Crippen LogP contribution in [0.2, 0.25) is 5.02 Å². The van der Waals surface area contributed by atoms with Gasteiger partial charge in [-0.25, -0.2) is 0 Å². The van der Waals surface area contributed by atoms with Crippen molar-refractivity contribution in [3.8, 4) is 0 Å². The first-order valence-electron chi connectivity index (χ1n) is 6.86. The van der Waals surface area contributed by atoms with Crippen LogP contribution in [0.4, 0.5) is 0 Å². The summed E-state index contributed by atoms with van der Waals surface area (Å²) in [5, 5.41) is 3.96. The molecule has 1 aliphatic rings. The zero-order valence-electron chi connectivity index (χ0n) is 11.5. The van der Waals surface area contributed by atoms with E-state index in [4.69, 9.17) is 11.6 Å². The summed E-state index contributed by atoms with van der Waals surface area (Å²) in [6.45, 7) is 5.64. The number of nitrogens with zero attached hydrogens (tertiary/aromatic N) is 1. The van der Waals surface area contributed by atoms with E-state index in [1.54, 1.807) is 0 Å². The van der Waals surface area contributed by atoms with E-state index < -0.39 is 0 Å². The number of hydrogen-bond acceptors (Lipinski definition) is 2. The molecule has 3 nitrogen and oxygen atoms in total. The molecule has 1 aromatic carbocycles. The highest BCUT2D eigenvalue weighted by Crippen LogP contribution is 2.25. The number of hydrogen-bond donors (Lipinski definition) is 1. The van der Waals surface area contributed by atoms with E-state index in [9.17, 15) is 4.79 Å². The second kappa shape index (κ2) is 6.40. The van der Waals surface area contributed by atoms with Crippen molar-refractivity contribution in [2.75, 3.05) is 13.1 Å². The molecular formula is C15H21ClN2O. The molecule has 1 amide bonds. The second-order valence-electron chi connectivity index (χ2n) is 5.46. The fourth-order valence-electron chi connectivity index (χ4n) is 2.44. The summed E-state index contributed by atoms with van der Waals surface area (Å²) < 4.78 is 0. The van der Waals surface area contributed by atoms with Crippen molar-refractivity contribution in [1.29, 1.82) is 0 Å². The second-order valence-corrected chi connectivity index (χ2v) is 5.90. The summed E-state index contributed by atoms with van der Waals surface area (Å²) in [5.74, 6) is 0.851. The van der Waals surface area contributed by atoms with Crippen molar-refractivity contribution in [2.24, 2.45) is 5.92 Å². The summed E-state index contributed by atoms with van der Waals surface area (Å²) in [4.78, 5) is 13.9. The van der Waals surface area contributed by atoms with Crippen molar-refractivity contribution in [3.63, 3.8) is 0 Å². The average Bonchev–Trinajstić information content (AvgIpc) is 2.71. The van der Waals surface area contributed by atoms with Gasteiger partial charge >= 0.3 is 0 Å². The van der Waals surface area contributed by atoms with Crippen LogP contribution >= 0.6 is 11.6 Å². The van der Waals surface area contributed by atoms with E-state index in [1.807, 2.05) is 29.2 Å². The van der Waals surface area contributed by atoms with E-state index in [-0.39, 0.29) is 12.1 Å². The SMILES string of the molecule is CC(C)CCCN1C(=O)CNC1c1cccc(Cl)c1. The molecule has 0 spiro atoms. The summed E-state index contributed by atoms with van der Waals surface area (Å²) in [6.07, 6.45) is 2.16. The molecule has 1 aliphatic heterocycles. The lowest BCUT2D eigenvalue weighted by Crippen LogP contribution is -2.31. The number of nitrogens with one attached hydrogen (secondary N) is 1. The molecule has 1 fully saturated rings. The number of carbonyl (C=O) groups is 1. The van der Waals surface area contributed by atoms with Crippen LogP contribution in [0, 0.1) is 5.92 Å². The highest BCUT2D eigenvalue weighted by Gasteiger charge is 2.30. The lowest BCUT2D eigenvalue weighted by Gasteiger charge is -2.25. The van der Waals surface area contributed by atoms with Gasteiger partial charge in [-0.05, 0) is 36.5 Å². The largest absolute Gasteiger partial charge is 0.322 e. The summed E-state index contributed by atoms with van der Waals surface area (Å²) in [6, 6.07) is 7.71. The molecule has 0 saturated carbocycles. The summed E-state index contributed by atoms with van der Waals surface area (Å²) >= 11 is 6.02. The first-order valence-corrected chi connectivity index (χ1v) is 7.24. The molecular weight excluding hydrogens is 260 g/mol. The van der Waals surface area contributed by atoms with E-state index in [2.05, 4.69) is 19.2 Å². The van der Waals surface area contributed by atoms with Crippen LogP contribution < -0.4 is 5.32 Å². The first kappa shape index (κ1) is 14.4. The van der Waals surface area contributed by atoms with Crippen molar-refractivity contribution in [2.45, 2.75) is 32.9 Å². The Hall–Kier alpha value is -1.06. The van der Waals surface area contributed by atoms with E-state index >= 15 is 0 Å². The fourth-order valence-corrected chi connectivity index (χ4v) is 2.64. The maximum Gasteiger partial charge on any atom is 0.238 e. The minimum Gasteiger partial charge on any atom is -0.322 e. The Morgan fingerprint density at radius 1 is 1.47 bits per heavy atom. The molecule has 1 N–H and O–H groups in total. The Bertz CT molecular complexity index is 448. The van der Waals surface area contributed by atoms with Crippen LogP contribution in [0.1, 0.15) is 38.4 Å². The molecule has 19 heavy (non-hydrogen) atoms. The minimum atomic E-state index is -0.0293. The van der Waals surface area contributed by atoms with Crippen molar-refractivity contribution in [1.82, 2.24) is 10.2 Å². The third-order valence-electron chi connectivity index (χ3n) is 3.42. The molecule has 2 rings (SSSR count). The number of carbonyl (C=O) groups excluding carboxylic acids is 1. The van der Waals surface area contributed by atoms with Gasteiger partial charge in [-0.15, -0.1) is 0 Å². The van der Waals surface area contributed by atoms with Gasteiger partial charge in [0.05, 0.1) is 6.54 Å². The lowest BCUT2D eigenvalue weighted by molar-refractivity contribution is -0.128. The van der Waals surface area contributed by atoms with Crippen LogP contribution in [-0.2, 0) is 4.79 Å². The third-order valence-corrected chi connectivity index (χ3v) is 3.66. The van der Waals surface area contributed by atoms with Crippen molar-refractivity contribution >= 4 is 17.5 Å². The molecule has 0 radical (unpaired) electrons. The van der Waals surface area contributed by atoms with Crippen molar-refractivity contribution < 1.29 is 4.79 Å². The molecule has 104 valence electrons. The lowest BCUT2D eigenvalue weighted by atomic mass is 10.1. The van der Waals surface area contributed by atoms with Crippen LogP contribution in [0.3, 0.4) is 0 Å². The predicted octanol–water partition coefficient (Wildman–Crippen LogP) is 3.21. The van der Waals surface area contributed by atoms with Crippen LogP contribution in [0.25, 0.3) is 0 Å². The Morgan fingerprint density at radius 3 is 2.95 bits per heavy atom. The molecule has 1 atom stereocenters. The van der Waals surface area contributed by atoms with E-state index in [1.165, 1.54) is 0 Å². The summed E-state index contributed by atoms with van der Waals surface area (Å²) in [5.41, 5.74) is 1.06. The molecule has 4 heteroatoms. The topological polar surface area (TPSA) is 32.3 Å². The zero-order chi connectivity index (χ0) is 13.8. The monoisotopic (exact) mass is 280 g/mol. The van der Waals surface area contributed by atoms with Crippen LogP contribution in [0.15, 0.2) is 24.3 Å². The normalized spacial score (nSPS) is 19.5. The number of amides is 1. The van der Waals surface area contributed by atoms with Gasteiger partial charge < -0.3 is 4.90 Å². The van der Waals surface area contributed by atoms with Gasteiger partial charge in [-0.2, -0.15) is 0 Å².